The Balaban J connectivity index is 2.34. The number of nitrogens with zero attached hydrogens (tertiary/aromatic N) is 1. The van der Waals surface area contributed by atoms with Gasteiger partial charge in [-0.1, -0.05) is 12.2 Å². The van der Waals surface area contributed by atoms with Crippen molar-refractivity contribution in [1.29, 1.82) is 0 Å². The first-order valence-corrected chi connectivity index (χ1v) is 4.70. The summed E-state index contributed by atoms with van der Waals surface area (Å²) in [5, 5.41) is 1.15. The summed E-state index contributed by atoms with van der Waals surface area (Å²) >= 11 is 0. The van der Waals surface area contributed by atoms with Gasteiger partial charge in [0.05, 0.1) is 0 Å². The van der Waals surface area contributed by atoms with E-state index >= 15 is 0 Å². The Kier molecular flexibility index (Phi) is 2.60. The third kappa shape index (κ3) is 1.67. The molecule has 0 aliphatic heterocycles. The molecule has 0 aliphatic rings. The highest BCUT2D eigenvalue weighted by molar-refractivity contribution is 5.85. The zero-order valence-corrected chi connectivity index (χ0v) is 7.90. The van der Waals surface area contributed by atoms with Crippen LogP contribution < -0.4 is 5.73 Å². The predicted molar refractivity (Wildman–Crippen MR) is 58.8 cm³/mol. The maximum atomic E-state index is 5.41. The normalized spacial score (nSPS) is 11.5. The van der Waals surface area contributed by atoms with E-state index in [1.165, 1.54) is 5.56 Å². The van der Waals surface area contributed by atoms with E-state index in [0.29, 0.717) is 6.54 Å². The predicted octanol–water partition coefficient (Wildman–Crippen LogP) is 1.92. The summed E-state index contributed by atoms with van der Waals surface area (Å²) in [5.41, 5.74) is 7.51. The highest BCUT2D eigenvalue weighted by atomic mass is 14.8. The first-order valence-electron chi connectivity index (χ1n) is 4.70. The Morgan fingerprint density at radius 3 is 3.29 bits per heavy atom. The van der Waals surface area contributed by atoms with Gasteiger partial charge in [-0.15, -0.1) is 0 Å². The Labute approximate surface area is 82.7 Å². The van der Waals surface area contributed by atoms with Crippen molar-refractivity contribution >= 4 is 17.1 Å². The second-order valence-corrected chi connectivity index (χ2v) is 3.12. The van der Waals surface area contributed by atoms with Crippen LogP contribution in [0, 0.1) is 0 Å². The summed E-state index contributed by atoms with van der Waals surface area (Å²) in [6.07, 6.45) is 8.81. The van der Waals surface area contributed by atoms with Gasteiger partial charge in [0.2, 0.25) is 0 Å². The van der Waals surface area contributed by atoms with Gasteiger partial charge < -0.3 is 10.7 Å². The number of H-pyrrole nitrogens is 1. The minimum atomic E-state index is 0.692. The quantitative estimate of drug-likeness (QED) is 0.771. The van der Waals surface area contributed by atoms with E-state index in [-0.39, 0.29) is 0 Å². The van der Waals surface area contributed by atoms with Crippen LogP contribution in [-0.4, -0.2) is 16.5 Å². The van der Waals surface area contributed by atoms with E-state index in [4.69, 9.17) is 5.73 Å². The van der Waals surface area contributed by atoms with Gasteiger partial charge in [-0.25, -0.2) is 4.98 Å². The zero-order valence-electron chi connectivity index (χ0n) is 7.90. The molecule has 0 saturated carbocycles. The van der Waals surface area contributed by atoms with Crippen molar-refractivity contribution < 1.29 is 0 Å². The van der Waals surface area contributed by atoms with Crippen molar-refractivity contribution in [2.24, 2.45) is 5.73 Å². The van der Waals surface area contributed by atoms with Gasteiger partial charge in [-0.2, -0.15) is 0 Å². The van der Waals surface area contributed by atoms with Crippen LogP contribution in [-0.2, 0) is 0 Å². The number of aromatic nitrogens is 2. The fourth-order valence-corrected chi connectivity index (χ4v) is 1.42. The van der Waals surface area contributed by atoms with Gasteiger partial charge in [0.1, 0.15) is 5.65 Å². The standard InChI is InChI=1S/C11H13N3/c12-6-2-1-4-9-8-14-11-10(9)5-3-7-13-11/h1,3-5,7-8H,2,6,12H2,(H,13,14). The van der Waals surface area contributed by atoms with Crippen molar-refractivity contribution in [3.63, 3.8) is 0 Å². The first-order chi connectivity index (χ1) is 6.92. The Morgan fingerprint density at radius 2 is 2.43 bits per heavy atom. The molecule has 2 rings (SSSR count). The minimum absolute atomic E-state index is 0.692. The molecule has 72 valence electrons. The Morgan fingerprint density at radius 1 is 1.50 bits per heavy atom. The summed E-state index contributed by atoms with van der Waals surface area (Å²) < 4.78 is 0. The summed E-state index contributed by atoms with van der Waals surface area (Å²) in [5.74, 6) is 0. The van der Waals surface area contributed by atoms with E-state index in [9.17, 15) is 0 Å². The highest BCUT2D eigenvalue weighted by Gasteiger charge is 1.98. The third-order valence-corrected chi connectivity index (χ3v) is 2.11. The minimum Gasteiger partial charge on any atom is -0.346 e. The van der Waals surface area contributed by atoms with Crippen molar-refractivity contribution in [3.05, 3.63) is 36.2 Å². The average Bonchev–Trinajstić information content (AvgIpc) is 2.63. The third-order valence-electron chi connectivity index (χ3n) is 2.11. The highest BCUT2D eigenvalue weighted by Crippen LogP contribution is 2.16. The van der Waals surface area contributed by atoms with E-state index in [1.807, 2.05) is 12.3 Å². The Hall–Kier alpha value is -1.61. The van der Waals surface area contributed by atoms with Crippen LogP contribution in [0.2, 0.25) is 0 Å². The van der Waals surface area contributed by atoms with Crippen LogP contribution in [0.5, 0.6) is 0 Å². The topological polar surface area (TPSA) is 54.7 Å². The molecular weight excluding hydrogens is 174 g/mol. The second-order valence-electron chi connectivity index (χ2n) is 3.12. The fourth-order valence-electron chi connectivity index (χ4n) is 1.42. The number of pyridine rings is 1. The summed E-state index contributed by atoms with van der Waals surface area (Å²) in [6.45, 7) is 0.692. The lowest BCUT2D eigenvalue weighted by Gasteiger charge is -1.89. The molecule has 0 amide bonds. The van der Waals surface area contributed by atoms with Crippen LogP contribution in [0.25, 0.3) is 17.1 Å². The molecule has 3 nitrogen and oxygen atoms in total. The summed E-state index contributed by atoms with van der Waals surface area (Å²) in [4.78, 5) is 7.34. The molecule has 0 atom stereocenters. The van der Waals surface area contributed by atoms with Gasteiger partial charge in [0.25, 0.3) is 0 Å². The van der Waals surface area contributed by atoms with Crippen LogP contribution >= 0.6 is 0 Å². The lowest BCUT2D eigenvalue weighted by atomic mass is 10.2. The van der Waals surface area contributed by atoms with Crippen molar-refractivity contribution in [3.8, 4) is 0 Å². The summed E-state index contributed by atoms with van der Waals surface area (Å²) in [7, 11) is 0. The maximum absolute atomic E-state index is 5.41. The number of rotatable bonds is 3. The molecule has 0 aliphatic carbocycles. The monoisotopic (exact) mass is 187 g/mol. The Bertz CT molecular complexity index is 442. The van der Waals surface area contributed by atoms with Crippen molar-refractivity contribution in [2.75, 3.05) is 6.54 Å². The molecule has 0 aromatic carbocycles. The van der Waals surface area contributed by atoms with Crippen molar-refractivity contribution in [1.82, 2.24) is 9.97 Å². The number of nitrogens with two attached hydrogens (primary N) is 1. The fraction of sp³-hybridized carbons (Fsp3) is 0.182. The number of nitrogens with one attached hydrogen (secondary N) is 1. The molecule has 0 bridgehead atoms. The molecule has 3 N–H and O–H groups in total. The van der Waals surface area contributed by atoms with Crippen molar-refractivity contribution in [2.45, 2.75) is 6.42 Å². The second kappa shape index (κ2) is 4.07. The first kappa shape index (κ1) is 8.97. The molecule has 0 fully saturated rings. The van der Waals surface area contributed by atoms with E-state index < -0.39 is 0 Å². The molecule has 2 aromatic rings. The van der Waals surface area contributed by atoms with Crippen LogP contribution in [0.15, 0.2) is 30.6 Å². The van der Waals surface area contributed by atoms with Gasteiger partial charge in [0.15, 0.2) is 0 Å². The van der Waals surface area contributed by atoms with Crippen LogP contribution in [0.3, 0.4) is 0 Å². The number of fused-ring (bicyclic) bond motifs is 1. The molecule has 14 heavy (non-hydrogen) atoms. The molecule has 0 radical (unpaired) electrons. The van der Waals surface area contributed by atoms with Gasteiger partial charge in [-0.3, -0.25) is 0 Å². The molecule has 0 saturated heterocycles. The van der Waals surface area contributed by atoms with Gasteiger partial charge in [0, 0.05) is 23.3 Å². The van der Waals surface area contributed by atoms with E-state index in [1.54, 1.807) is 6.20 Å². The van der Waals surface area contributed by atoms with Gasteiger partial charge in [-0.05, 0) is 25.1 Å². The molecule has 2 aromatic heterocycles. The molecular formula is C11H13N3. The lowest BCUT2D eigenvalue weighted by molar-refractivity contribution is 1.01. The van der Waals surface area contributed by atoms with E-state index in [2.05, 4.69) is 28.2 Å². The number of hydrogen-bond donors (Lipinski definition) is 2. The maximum Gasteiger partial charge on any atom is 0.137 e. The van der Waals surface area contributed by atoms with Crippen LogP contribution in [0.1, 0.15) is 12.0 Å². The average molecular weight is 187 g/mol. The lowest BCUT2D eigenvalue weighted by Crippen LogP contribution is -1.94. The zero-order chi connectivity index (χ0) is 9.80. The molecule has 2 heterocycles. The van der Waals surface area contributed by atoms with E-state index in [0.717, 1.165) is 17.5 Å². The summed E-state index contributed by atoms with van der Waals surface area (Å²) in [6, 6.07) is 4.00. The van der Waals surface area contributed by atoms with Gasteiger partial charge >= 0.3 is 0 Å². The number of aromatic amines is 1. The number of hydrogen-bond acceptors (Lipinski definition) is 2. The molecule has 0 unspecified atom stereocenters. The van der Waals surface area contributed by atoms with Crippen LogP contribution in [0.4, 0.5) is 0 Å². The SMILES string of the molecule is NCCC=Cc1c[nH]c2ncccc12. The largest absolute Gasteiger partial charge is 0.346 e. The smallest absolute Gasteiger partial charge is 0.137 e. The molecule has 3 heteroatoms. The molecule has 0 spiro atoms.